The van der Waals surface area contributed by atoms with Crippen LogP contribution in [0.4, 0.5) is 14.5 Å². The number of nitrogens with one attached hydrogen (secondary N) is 2. The normalized spacial score (nSPS) is 19.1. The van der Waals surface area contributed by atoms with Gasteiger partial charge in [-0.05, 0) is 36.1 Å². The highest BCUT2D eigenvalue weighted by Crippen LogP contribution is 2.36. The summed E-state index contributed by atoms with van der Waals surface area (Å²) >= 11 is 0. The molecule has 1 atom stereocenters. The molecule has 0 aliphatic heterocycles. The summed E-state index contributed by atoms with van der Waals surface area (Å²) in [4.78, 5) is 12.1. The number of aliphatic hydroxyl groups is 1. The Hall–Kier alpha value is -2.31. The lowest BCUT2D eigenvalue weighted by atomic mass is 9.92. The predicted octanol–water partition coefficient (Wildman–Crippen LogP) is 2.33. The van der Waals surface area contributed by atoms with E-state index < -0.39 is 23.1 Å². The second kappa shape index (κ2) is 6.67. The van der Waals surface area contributed by atoms with Crippen molar-refractivity contribution in [2.24, 2.45) is 0 Å². The monoisotopic (exact) mass is 332 g/mol. The van der Waals surface area contributed by atoms with Crippen LogP contribution in [0, 0.1) is 11.6 Å². The summed E-state index contributed by atoms with van der Waals surface area (Å²) in [7, 11) is 0. The maximum atomic E-state index is 13.6. The molecule has 3 rings (SSSR count). The van der Waals surface area contributed by atoms with E-state index >= 15 is 0 Å². The minimum absolute atomic E-state index is 0.120. The first-order chi connectivity index (χ1) is 11.5. The van der Waals surface area contributed by atoms with Crippen molar-refractivity contribution in [3.63, 3.8) is 0 Å². The Morgan fingerprint density at radius 3 is 2.79 bits per heavy atom. The van der Waals surface area contributed by atoms with E-state index in [2.05, 4.69) is 10.6 Å². The van der Waals surface area contributed by atoms with Crippen LogP contribution in [-0.4, -0.2) is 24.2 Å². The smallest absolute Gasteiger partial charge is 0.238 e. The van der Waals surface area contributed by atoms with Crippen molar-refractivity contribution in [2.75, 3.05) is 18.5 Å². The first-order valence-electron chi connectivity index (χ1n) is 7.73. The second-order valence-corrected chi connectivity index (χ2v) is 5.92. The Morgan fingerprint density at radius 2 is 2.00 bits per heavy atom. The predicted molar refractivity (Wildman–Crippen MR) is 86.5 cm³/mol. The van der Waals surface area contributed by atoms with E-state index in [0.717, 1.165) is 35.7 Å². The maximum absolute atomic E-state index is 13.6. The lowest BCUT2D eigenvalue weighted by Crippen LogP contribution is -2.47. The van der Waals surface area contributed by atoms with Crippen LogP contribution in [-0.2, 0) is 16.8 Å². The minimum Gasteiger partial charge on any atom is -0.394 e. The Balaban J connectivity index is 1.69. The third-order valence-corrected chi connectivity index (χ3v) is 4.41. The fourth-order valence-corrected chi connectivity index (χ4v) is 3.13. The van der Waals surface area contributed by atoms with Crippen molar-refractivity contribution in [3.05, 3.63) is 65.2 Å². The number of hydrogen-bond acceptors (Lipinski definition) is 3. The van der Waals surface area contributed by atoms with Gasteiger partial charge in [-0.15, -0.1) is 0 Å². The van der Waals surface area contributed by atoms with Gasteiger partial charge >= 0.3 is 0 Å². The molecule has 0 fully saturated rings. The van der Waals surface area contributed by atoms with Gasteiger partial charge in [0.05, 0.1) is 24.4 Å². The molecule has 1 aliphatic rings. The van der Waals surface area contributed by atoms with Crippen LogP contribution in [0.2, 0.25) is 0 Å². The molecule has 0 heterocycles. The van der Waals surface area contributed by atoms with Gasteiger partial charge in [0.2, 0.25) is 5.91 Å². The highest BCUT2D eigenvalue weighted by atomic mass is 19.1. The Morgan fingerprint density at radius 1 is 1.21 bits per heavy atom. The van der Waals surface area contributed by atoms with Gasteiger partial charge in [0.1, 0.15) is 11.6 Å². The zero-order valence-electron chi connectivity index (χ0n) is 13.0. The number of aliphatic hydroxyl groups excluding tert-OH is 1. The maximum Gasteiger partial charge on any atom is 0.238 e. The molecule has 2 aromatic rings. The number of carbonyl (C=O) groups excluding carboxylic acids is 1. The van der Waals surface area contributed by atoms with Crippen LogP contribution in [0.25, 0.3) is 0 Å². The van der Waals surface area contributed by atoms with Crippen molar-refractivity contribution in [2.45, 2.75) is 18.4 Å². The highest BCUT2D eigenvalue weighted by molar-refractivity contribution is 5.92. The fourth-order valence-electron chi connectivity index (χ4n) is 3.13. The summed E-state index contributed by atoms with van der Waals surface area (Å²) < 4.78 is 26.7. The zero-order valence-corrected chi connectivity index (χ0v) is 13.0. The average Bonchev–Trinajstić information content (AvgIpc) is 2.96. The molecule has 0 saturated heterocycles. The molecule has 6 heteroatoms. The van der Waals surface area contributed by atoms with E-state index in [1.807, 2.05) is 24.3 Å². The molecule has 0 spiro atoms. The number of hydrogen-bond donors (Lipinski definition) is 3. The van der Waals surface area contributed by atoms with Gasteiger partial charge in [-0.2, -0.15) is 0 Å². The average molecular weight is 332 g/mol. The Kier molecular flexibility index (Phi) is 4.59. The molecule has 4 nitrogen and oxygen atoms in total. The van der Waals surface area contributed by atoms with E-state index in [9.17, 15) is 18.7 Å². The molecule has 1 aliphatic carbocycles. The van der Waals surface area contributed by atoms with E-state index in [-0.39, 0.29) is 18.8 Å². The molecule has 2 aromatic carbocycles. The van der Waals surface area contributed by atoms with Gasteiger partial charge in [-0.25, -0.2) is 8.78 Å². The van der Waals surface area contributed by atoms with Gasteiger partial charge in [0.25, 0.3) is 0 Å². The Labute approximate surface area is 138 Å². The first kappa shape index (κ1) is 16.5. The number of halogens is 2. The van der Waals surface area contributed by atoms with Crippen molar-refractivity contribution >= 4 is 11.6 Å². The largest absolute Gasteiger partial charge is 0.394 e. The van der Waals surface area contributed by atoms with Gasteiger partial charge in [0.15, 0.2) is 0 Å². The number of anilines is 1. The van der Waals surface area contributed by atoms with Crippen LogP contribution >= 0.6 is 0 Å². The van der Waals surface area contributed by atoms with Crippen molar-refractivity contribution in [3.8, 4) is 0 Å². The first-order valence-corrected chi connectivity index (χ1v) is 7.73. The topological polar surface area (TPSA) is 61.4 Å². The zero-order chi connectivity index (χ0) is 17.2. The van der Waals surface area contributed by atoms with E-state index in [4.69, 9.17) is 0 Å². The molecule has 126 valence electrons. The highest BCUT2D eigenvalue weighted by Gasteiger charge is 2.37. The minimum atomic E-state index is -0.701. The van der Waals surface area contributed by atoms with Crippen LogP contribution in [0.5, 0.6) is 0 Å². The number of amides is 1. The number of aryl methyl sites for hydroxylation is 1. The molecule has 0 saturated carbocycles. The summed E-state index contributed by atoms with van der Waals surface area (Å²) in [6, 6.07) is 10.6. The SMILES string of the molecule is O=C(CNC1(CO)CCc2ccccc21)Nc1cc(F)ccc1F. The number of fused-ring (bicyclic) bond motifs is 1. The molecule has 24 heavy (non-hydrogen) atoms. The third-order valence-electron chi connectivity index (χ3n) is 4.41. The molecule has 3 N–H and O–H groups in total. The molecule has 0 aromatic heterocycles. The lowest BCUT2D eigenvalue weighted by molar-refractivity contribution is -0.115. The standard InChI is InChI=1S/C18H18F2N2O2/c19-13-5-6-15(20)16(9-13)22-17(24)10-21-18(11-23)8-7-12-3-1-2-4-14(12)18/h1-6,9,21,23H,7-8,10-11H2,(H,22,24). The van der Waals surface area contributed by atoms with Crippen molar-refractivity contribution < 1.29 is 18.7 Å². The summed E-state index contributed by atoms with van der Waals surface area (Å²) in [6.07, 6.45) is 1.48. The summed E-state index contributed by atoms with van der Waals surface area (Å²) in [5.74, 6) is -1.83. The number of carbonyl (C=O) groups is 1. The molecule has 1 unspecified atom stereocenters. The third kappa shape index (κ3) is 3.16. The molecular formula is C18H18F2N2O2. The number of rotatable bonds is 5. The van der Waals surface area contributed by atoms with Crippen LogP contribution < -0.4 is 10.6 Å². The number of benzene rings is 2. The lowest BCUT2D eigenvalue weighted by Gasteiger charge is -2.29. The summed E-state index contributed by atoms with van der Waals surface area (Å²) in [6.45, 7) is -0.267. The quantitative estimate of drug-likeness (QED) is 0.787. The van der Waals surface area contributed by atoms with E-state index in [0.29, 0.717) is 6.42 Å². The van der Waals surface area contributed by atoms with Crippen LogP contribution in [0.3, 0.4) is 0 Å². The Bertz CT molecular complexity index is 766. The molecular weight excluding hydrogens is 314 g/mol. The fraction of sp³-hybridized carbons (Fsp3) is 0.278. The van der Waals surface area contributed by atoms with Gasteiger partial charge in [-0.1, -0.05) is 24.3 Å². The van der Waals surface area contributed by atoms with Crippen molar-refractivity contribution in [1.29, 1.82) is 0 Å². The van der Waals surface area contributed by atoms with Gasteiger partial charge in [0, 0.05) is 6.07 Å². The van der Waals surface area contributed by atoms with Crippen LogP contribution in [0.1, 0.15) is 17.5 Å². The van der Waals surface area contributed by atoms with E-state index in [1.165, 1.54) is 0 Å². The summed E-state index contributed by atoms with van der Waals surface area (Å²) in [5, 5.41) is 15.3. The second-order valence-electron chi connectivity index (χ2n) is 5.92. The molecule has 0 radical (unpaired) electrons. The van der Waals surface area contributed by atoms with Gasteiger partial charge < -0.3 is 10.4 Å². The van der Waals surface area contributed by atoms with Crippen molar-refractivity contribution in [1.82, 2.24) is 5.32 Å². The molecule has 0 bridgehead atoms. The van der Waals surface area contributed by atoms with Crippen LogP contribution in [0.15, 0.2) is 42.5 Å². The van der Waals surface area contributed by atoms with E-state index in [1.54, 1.807) is 0 Å². The van der Waals surface area contributed by atoms with Gasteiger partial charge in [-0.3, -0.25) is 10.1 Å². The summed E-state index contributed by atoms with van der Waals surface area (Å²) in [5.41, 5.74) is 1.22. The molecule has 1 amide bonds.